The molecule has 140 heavy (non-hydrogen) atoms. The Balaban J connectivity index is 0.811. The van der Waals surface area contributed by atoms with Gasteiger partial charge in [0, 0.05) is 34.4 Å². The molecule has 20 atom stereocenters. The van der Waals surface area contributed by atoms with Crippen molar-refractivity contribution in [2.24, 2.45) is 99.6 Å². The second-order valence-electron chi connectivity index (χ2n) is 50.0. The van der Waals surface area contributed by atoms with Crippen molar-refractivity contribution in [1.82, 2.24) is 0 Å². The van der Waals surface area contributed by atoms with Crippen LogP contribution >= 0.6 is 0 Å². The molecular weight excluding hydrogens is 1750 g/mol. The summed E-state index contributed by atoms with van der Waals surface area (Å²) in [6.45, 7) is 59.9. The molecule has 3 heterocycles. The predicted molar refractivity (Wildman–Crippen MR) is 564 cm³/mol. The number of rotatable bonds is 55. The van der Waals surface area contributed by atoms with Crippen molar-refractivity contribution in [3.05, 3.63) is 66.8 Å². The highest BCUT2D eigenvalue weighted by Gasteiger charge is 2.68. The number of benzene rings is 3. The van der Waals surface area contributed by atoms with Gasteiger partial charge in [-0.25, -0.2) is 0 Å². The van der Waals surface area contributed by atoms with Crippen molar-refractivity contribution in [3.63, 3.8) is 0 Å². The van der Waals surface area contributed by atoms with Gasteiger partial charge in [-0.05, 0) is 350 Å². The van der Waals surface area contributed by atoms with Crippen LogP contribution in [0.4, 0.5) is 0 Å². The van der Waals surface area contributed by atoms with Crippen molar-refractivity contribution in [3.8, 4) is 34.5 Å². The zero-order valence-electron chi connectivity index (χ0n) is 93.3. The van der Waals surface area contributed by atoms with Gasteiger partial charge < -0.3 is 47.7 Å². The minimum atomic E-state index is -0.883. The molecule has 0 amide bonds. The van der Waals surface area contributed by atoms with Crippen LogP contribution in [0, 0.1) is 162 Å². The lowest BCUT2D eigenvalue weighted by molar-refractivity contribution is -0.226. The number of esters is 6. The Morgan fingerprint density at radius 2 is 0.657 bits per heavy atom. The van der Waals surface area contributed by atoms with Gasteiger partial charge in [0.2, 0.25) is 0 Å². The second kappa shape index (κ2) is 52.1. The molecule has 3 aliphatic heterocycles. The lowest BCUT2D eigenvalue weighted by Gasteiger charge is -2.64. The minimum absolute atomic E-state index is 0.0251. The monoisotopic (exact) mass is 1950 g/mol. The fraction of sp³-hybridized carbons (Fsp3) is 0.797. The van der Waals surface area contributed by atoms with E-state index in [1.807, 2.05) is 41.5 Å². The fourth-order valence-electron chi connectivity index (χ4n) is 27.1. The molecule has 4 saturated carbocycles. The quantitative estimate of drug-likeness (QED) is 0.0315. The second-order valence-corrected chi connectivity index (χ2v) is 50.0. The number of hydrogen-bond donors (Lipinski definition) is 1. The van der Waals surface area contributed by atoms with Gasteiger partial charge in [0.15, 0.2) is 0 Å². The summed E-state index contributed by atoms with van der Waals surface area (Å²) in [5.41, 5.74) is 9.08. The zero-order chi connectivity index (χ0) is 103. The van der Waals surface area contributed by atoms with E-state index >= 15 is 9.59 Å². The average molecular weight is 1950 g/mol. The van der Waals surface area contributed by atoms with Gasteiger partial charge in [0.05, 0.1) is 38.5 Å². The number of aliphatic carboxylic acids is 1. The van der Waals surface area contributed by atoms with Crippen LogP contribution in [0.25, 0.3) is 0 Å². The summed E-state index contributed by atoms with van der Waals surface area (Å²) in [7, 11) is 0. The number of carboxylic acid groups (broad SMARTS) is 1. The van der Waals surface area contributed by atoms with Crippen LogP contribution in [0.2, 0.25) is 0 Å². The van der Waals surface area contributed by atoms with Crippen LogP contribution in [0.3, 0.4) is 0 Å². The summed E-state index contributed by atoms with van der Waals surface area (Å²) in [6.07, 6.45) is 39.4. The lowest BCUT2D eigenvalue weighted by Crippen LogP contribution is -2.63. The molecule has 0 bridgehead atoms. The normalized spacial score (nSPS) is 26.1. The third kappa shape index (κ3) is 31.0. The van der Waals surface area contributed by atoms with Gasteiger partial charge in [-0.3, -0.25) is 33.6 Å². The van der Waals surface area contributed by atoms with E-state index in [2.05, 4.69) is 145 Å². The van der Waals surface area contributed by atoms with E-state index < -0.39 is 70.9 Å². The van der Waals surface area contributed by atoms with Crippen molar-refractivity contribution in [2.75, 3.05) is 0 Å². The number of fused-ring (bicyclic) bond motifs is 8. The Morgan fingerprint density at radius 1 is 0.336 bits per heavy atom. The van der Waals surface area contributed by atoms with Crippen LogP contribution in [0.15, 0.2) is 0 Å². The maximum atomic E-state index is 15.0. The highest BCUT2D eigenvalue weighted by atomic mass is 16.6. The number of hydrogen-bond acceptors (Lipinski definition) is 16. The Bertz CT molecular complexity index is 4610. The molecule has 790 valence electrons. The average Bonchev–Trinajstić information content (AvgIpc) is 1.25. The van der Waals surface area contributed by atoms with Gasteiger partial charge in [0.1, 0.15) is 69.6 Å². The smallest absolute Gasteiger partial charge is 0.311 e. The molecule has 0 aromatic heterocycles. The SMILES string of the molecule is Cc1c(C)c2c(c(C)c1OC(=O)CCC(=O)O[C@@H]1CC[C@@]3(C)[C@@H](C1)C[C@@H](OC(=O)CCC(=O)Oc1c(C)c(C)c4c(c1C)CCC(C)(CCCC(C)CCCC(C)CCCC(C)C)O4)[C@@H]1[C@@H]3C[C@H](OC(=O)CCC(=O)Oc3c(C)c(C)c4c(c3C)CCC(C)(CCCC(C)CCCC(C)CCCC(C)C)O4)[C@]3(C)[C@@H]([C@H](C)CCC(=O)O)CC[C@@H]13)CCC(C)(CCCC(C)CCCC(C)CCCC(C)C)O2. The van der Waals surface area contributed by atoms with Crippen LogP contribution in [-0.2, 0) is 67.0 Å². The standard InChI is InChI=1S/C123H196O17/c1-76(2)37-28-40-79(7)43-31-46-82(10)49-34-66-119(23)69-63-97-92(20)113(86(14)89(17)116(97)138-119)135-109(129)59-56-106(126)132-96-62-72-122(26)95(73-96)74-103(133-107(127)57-60-110(130)136-114-87(15)90(18)117-98(93(114)21)64-70-120(24,139-117)67-35-50-83(11)47-32-44-80(8)41-29-38-77(3)4)112-101-54-53-100(85(13)52-55-105(124)125)123(101,27)104(75-102(112)122)134-108(128)58-61-111(131)137-115-88(16)91(19)118-99(94(115)22)65-71-121(25,140-118)68-36-51-84(12)48-33-45-81(9)42-30-39-78(5)6/h76-85,95-96,100-104,112H,28-75H2,1-27H3,(H,124,125)/t79?,80?,81?,82?,83?,84?,85-,95+,96-,100-,101+,102+,103-,104+,112+,119?,120?,121?,122+,123-/m1/s1. The first kappa shape index (κ1) is 115. The van der Waals surface area contributed by atoms with Crippen molar-refractivity contribution in [1.29, 1.82) is 0 Å². The molecule has 3 aromatic carbocycles. The number of carboxylic acids is 1. The zero-order valence-corrected chi connectivity index (χ0v) is 93.3. The summed E-state index contributed by atoms with van der Waals surface area (Å²) in [4.78, 5) is 99.6. The topological polar surface area (TPSA) is 223 Å². The molecule has 0 spiro atoms. The molecule has 17 nitrogen and oxygen atoms in total. The molecule has 10 rings (SSSR count). The largest absolute Gasteiger partial charge is 0.487 e. The highest BCUT2D eigenvalue weighted by molar-refractivity contribution is 5.82. The van der Waals surface area contributed by atoms with Crippen LogP contribution in [0.5, 0.6) is 34.5 Å². The van der Waals surface area contributed by atoms with Crippen LogP contribution in [0.1, 0.15) is 480 Å². The fourth-order valence-corrected chi connectivity index (χ4v) is 27.1. The maximum Gasteiger partial charge on any atom is 0.311 e. The van der Waals surface area contributed by atoms with E-state index in [0.29, 0.717) is 79.9 Å². The number of carbonyl (C=O) groups excluding carboxylic acids is 6. The Hall–Kier alpha value is -6.65. The minimum Gasteiger partial charge on any atom is -0.487 e. The Morgan fingerprint density at radius 3 is 1.00 bits per heavy atom. The molecule has 1 N–H and O–H groups in total. The van der Waals surface area contributed by atoms with Crippen molar-refractivity contribution in [2.45, 2.75) is 530 Å². The van der Waals surface area contributed by atoms with E-state index in [-0.39, 0.29) is 97.3 Å². The van der Waals surface area contributed by atoms with E-state index in [9.17, 15) is 29.1 Å². The van der Waals surface area contributed by atoms with E-state index in [4.69, 9.17) is 42.6 Å². The number of carbonyl (C=O) groups is 7. The summed E-state index contributed by atoms with van der Waals surface area (Å²) in [5.74, 6) is 5.94. The summed E-state index contributed by atoms with van der Waals surface area (Å²) in [5, 5.41) is 10.2. The molecule has 4 aliphatic carbocycles. The van der Waals surface area contributed by atoms with Gasteiger partial charge in [-0.1, -0.05) is 239 Å². The van der Waals surface area contributed by atoms with E-state index in [1.54, 1.807) is 0 Å². The lowest BCUT2D eigenvalue weighted by atomic mass is 9.43. The molecule has 7 aliphatic rings. The third-order valence-corrected chi connectivity index (χ3v) is 36.9. The summed E-state index contributed by atoms with van der Waals surface area (Å²) in [6, 6.07) is 0. The molecule has 0 radical (unpaired) electrons. The van der Waals surface area contributed by atoms with E-state index in [0.717, 1.165) is 203 Å². The highest BCUT2D eigenvalue weighted by Crippen LogP contribution is 2.70. The molecule has 3 aromatic rings. The summed E-state index contributed by atoms with van der Waals surface area (Å²) >= 11 is 0. The Kier molecular flexibility index (Phi) is 42.9. The molecule has 9 unspecified atom stereocenters. The van der Waals surface area contributed by atoms with Gasteiger partial charge in [-0.15, -0.1) is 0 Å². The van der Waals surface area contributed by atoms with Crippen molar-refractivity contribution < 1.29 is 81.3 Å². The number of ether oxygens (including phenoxy) is 9. The van der Waals surface area contributed by atoms with E-state index in [1.165, 1.54) is 135 Å². The molecule has 17 heteroatoms. The molecule has 0 saturated heterocycles. The molecule has 4 fully saturated rings. The van der Waals surface area contributed by atoms with Crippen LogP contribution in [-0.4, -0.2) is 82.0 Å². The van der Waals surface area contributed by atoms with Crippen molar-refractivity contribution >= 4 is 41.8 Å². The van der Waals surface area contributed by atoms with Gasteiger partial charge in [0.25, 0.3) is 0 Å². The predicted octanol–water partition coefficient (Wildman–Crippen LogP) is 31.6. The first-order valence-electron chi connectivity index (χ1n) is 56.9. The third-order valence-electron chi connectivity index (χ3n) is 36.9. The van der Waals surface area contributed by atoms with Gasteiger partial charge >= 0.3 is 41.8 Å². The first-order valence-corrected chi connectivity index (χ1v) is 56.9. The summed E-state index contributed by atoms with van der Waals surface area (Å²) < 4.78 is 60.3. The molecular formula is C123H196O17. The Labute approximate surface area is 849 Å². The van der Waals surface area contributed by atoms with Gasteiger partial charge in [-0.2, -0.15) is 0 Å². The first-order chi connectivity index (χ1) is 66.0. The van der Waals surface area contributed by atoms with Crippen LogP contribution < -0.4 is 28.4 Å². The maximum absolute atomic E-state index is 15.0.